The van der Waals surface area contributed by atoms with Gasteiger partial charge in [-0.1, -0.05) is 72.8 Å². The minimum absolute atomic E-state index is 0.0384. The highest BCUT2D eigenvalue weighted by Crippen LogP contribution is 2.27. The number of nitrogens with one attached hydrogen (secondary N) is 4. The second-order valence-corrected chi connectivity index (χ2v) is 9.69. The fraction of sp³-hybridized carbons (Fsp3) is 0.312. The van der Waals surface area contributed by atoms with Gasteiger partial charge in [0.2, 0.25) is 11.8 Å². The summed E-state index contributed by atoms with van der Waals surface area (Å²) in [4.78, 5) is 48.9. The molecule has 1 unspecified atom stereocenters. The van der Waals surface area contributed by atoms with Gasteiger partial charge < -0.3 is 26.0 Å². The van der Waals surface area contributed by atoms with E-state index in [-0.39, 0.29) is 24.1 Å². The monoisotopic (exact) mass is 576 g/mol. The van der Waals surface area contributed by atoms with Crippen molar-refractivity contribution >= 4 is 29.5 Å². The van der Waals surface area contributed by atoms with Gasteiger partial charge in [0.25, 0.3) is 0 Å². The van der Waals surface area contributed by atoms with Crippen molar-refractivity contribution in [2.75, 3.05) is 25.5 Å². The molecule has 0 aromatic heterocycles. The first-order valence-corrected chi connectivity index (χ1v) is 13.9. The van der Waals surface area contributed by atoms with Gasteiger partial charge >= 0.3 is 12.0 Å². The maximum atomic E-state index is 13.7. The van der Waals surface area contributed by atoms with Gasteiger partial charge in [0.1, 0.15) is 18.3 Å². The molecule has 1 atom stereocenters. The van der Waals surface area contributed by atoms with Gasteiger partial charge in [-0.3, -0.25) is 9.59 Å². The van der Waals surface area contributed by atoms with Crippen LogP contribution in [0.5, 0.6) is 0 Å². The lowest BCUT2D eigenvalue weighted by atomic mass is 9.88. The van der Waals surface area contributed by atoms with Gasteiger partial charge in [-0.05, 0) is 48.9 Å². The van der Waals surface area contributed by atoms with Crippen molar-refractivity contribution in [1.29, 1.82) is 0 Å². The van der Waals surface area contributed by atoms with E-state index in [1.807, 2.05) is 36.4 Å². The van der Waals surface area contributed by atoms with Crippen LogP contribution in [0.25, 0.3) is 0 Å². The van der Waals surface area contributed by atoms with Gasteiger partial charge in [-0.25, -0.2) is 14.0 Å². The Hall–Kier alpha value is -4.73. The Morgan fingerprint density at radius 3 is 1.95 bits per heavy atom. The largest absolute Gasteiger partial charge is 0.467 e. The number of benzene rings is 3. The Bertz CT molecular complexity index is 1270. The molecule has 3 rings (SSSR count). The first-order valence-electron chi connectivity index (χ1n) is 13.9. The lowest BCUT2D eigenvalue weighted by molar-refractivity contribution is -0.145. The molecule has 0 spiro atoms. The normalized spacial score (nSPS) is 11.3. The number of unbranched alkanes of at least 4 members (excludes halogenated alkanes) is 1. The van der Waals surface area contributed by atoms with Crippen LogP contribution >= 0.6 is 0 Å². The predicted molar refractivity (Wildman–Crippen MR) is 158 cm³/mol. The molecule has 0 aliphatic rings. The highest BCUT2D eigenvalue weighted by molar-refractivity contribution is 6.04. The Morgan fingerprint density at radius 2 is 1.33 bits per heavy atom. The van der Waals surface area contributed by atoms with E-state index < -0.39 is 36.1 Å². The summed E-state index contributed by atoms with van der Waals surface area (Å²) in [6.07, 6.45) is 1.47. The zero-order chi connectivity index (χ0) is 30.2. The van der Waals surface area contributed by atoms with E-state index in [4.69, 9.17) is 4.74 Å². The van der Waals surface area contributed by atoms with Crippen LogP contribution in [0.2, 0.25) is 0 Å². The number of rotatable bonds is 15. The number of carbonyl (C=O) groups excluding carboxylic acids is 4. The van der Waals surface area contributed by atoms with E-state index >= 15 is 0 Å². The lowest BCUT2D eigenvalue weighted by Gasteiger charge is -2.18. The van der Waals surface area contributed by atoms with Crippen molar-refractivity contribution in [3.05, 3.63) is 102 Å². The predicted octanol–water partition coefficient (Wildman–Crippen LogP) is 4.50. The molecule has 0 fully saturated rings. The quantitative estimate of drug-likeness (QED) is 0.120. The summed E-state index contributed by atoms with van der Waals surface area (Å²) in [7, 11) is 1.21. The van der Waals surface area contributed by atoms with Gasteiger partial charge in [-0.15, -0.1) is 0 Å². The Balaban J connectivity index is 1.36. The number of ether oxygens (including phenoxy) is 1. The number of hydrogen-bond acceptors (Lipinski definition) is 5. The van der Waals surface area contributed by atoms with Gasteiger partial charge in [0.15, 0.2) is 0 Å². The molecule has 9 nitrogen and oxygen atoms in total. The number of urea groups is 1. The van der Waals surface area contributed by atoms with Gasteiger partial charge in [0, 0.05) is 19.0 Å². The number of esters is 1. The zero-order valence-electron chi connectivity index (χ0n) is 23.6. The first-order chi connectivity index (χ1) is 20.4. The van der Waals surface area contributed by atoms with Crippen LogP contribution in [0, 0.1) is 5.82 Å². The number of amides is 4. The second-order valence-electron chi connectivity index (χ2n) is 9.69. The maximum Gasteiger partial charge on any atom is 0.328 e. The number of hydrogen-bond donors (Lipinski definition) is 4. The van der Waals surface area contributed by atoms with Crippen LogP contribution in [-0.4, -0.2) is 50.1 Å². The molecule has 0 radical (unpaired) electrons. The van der Waals surface area contributed by atoms with Crippen molar-refractivity contribution < 1.29 is 28.3 Å². The third-order valence-corrected chi connectivity index (χ3v) is 6.62. The topological polar surface area (TPSA) is 126 Å². The van der Waals surface area contributed by atoms with Gasteiger partial charge in [-0.2, -0.15) is 0 Å². The molecule has 0 aliphatic heterocycles. The van der Waals surface area contributed by atoms with Crippen molar-refractivity contribution in [2.24, 2.45) is 0 Å². The smallest absolute Gasteiger partial charge is 0.328 e. The van der Waals surface area contributed by atoms with Crippen molar-refractivity contribution in [3.8, 4) is 0 Å². The van der Waals surface area contributed by atoms with E-state index in [1.165, 1.54) is 36.4 Å². The summed E-state index contributed by atoms with van der Waals surface area (Å²) >= 11 is 0. The van der Waals surface area contributed by atoms with E-state index in [2.05, 4.69) is 45.5 Å². The first kappa shape index (κ1) is 31.8. The molecule has 0 saturated heterocycles. The molecule has 0 aliphatic carbocycles. The van der Waals surface area contributed by atoms with Crippen molar-refractivity contribution in [1.82, 2.24) is 16.0 Å². The summed E-state index contributed by atoms with van der Waals surface area (Å²) in [6, 6.07) is 24.7. The molecule has 0 bridgehead atoms. The number of methoxy groups -OCH3 is 1. The number of anilines is 1. The fourth-order valence-corrected chi connectivity index (χ4v) is 4.50. The third kappa shape index (κ3) is 10.7. The van der Waals surface area contributed by atoms with Gasteiger partial charge in [0.05, 0.1) is 12.8 Å². The summed E-state index contributed by atoms with van der Waals surface area (Å²) in [5.74, 6) is -2.51. The third-order valence-electron chi connectivity index (χ3n) is 6.62. The zero-order valence-corrected chi connectivity index (χ0v) is 23.6. The number of carbonyl (C=O) groups is 4. The van der Waals surface area contributed by atoms with E-state index in [0.717, 1.165) is 6.42 Å². The van der Waals surface area contributed by atoms with Crippen LogP contribution in [-0.2, 0) is 19.1 Å². The van der Waals surface area contributed by atoms with Crippen LogP contribution in [0.3, 0.4) is 0 Å². The summed E-state index contributed by atoms with van der Waals surface area (Å²) in [5, 5.41) is 10.5. The molecule has 42 heavy (non-hydrogen) atoms. The Labute approximate surface area is 245 Å². The SMILES string of the molecule is COC(=O)C(CCCCNC(=O)NCCC(c1ccccc1)c1ccccc1)NC(=O)CC(=O)Nc1ccccc1F. The molecule has 4 amide bonds. The molecule has 4 N–H and O–H groups in total. The van der Waals surface area contributed by atoms with E-state index in [1.54, 1.807) is 6.07 Å². The molecular formula is C32H37FN4O5. The fourth-order valence-electron chi connectivity index (χ4n) is 4.50. The van der Waals surface area contributed by atoms with Crippen LogP contribution < -0.4 is 21.3 Å². The molecule has 0 heterocycles. The lowest BCUT2D eigenvalue weighted by Crippen LogP contribution is -2.42. The molecule has 3 aromatic carbocycles. The Morgan fingerprint density at radius 1 is 0.738 bits per heavy atom. The standard InChI is InChI=1S/C32H37FN4O5/c1-42-31(40)28(37-30(39)22-29(38)36-27-17-9-8-16-26(27)33)18-10-11-20-34-32(41)35-21-19-25(23-12-4-2-5-13-23)24-14-6-3-7-15-24/h2-9,12-17,25,28H,10-11,18-22H2,1H3,(H,36,38)(H,37,39)(H2,34,35,41). The van der Waals surface area contributed by atoms with Crippen molar-refractivity contribution in [2.45, 2.75) is 44.1 Å². The molecule has 3 aromatic rings. The van der Waals surface area contributed by atoms with E-state index in [9.17, 15) is 23.6 Å². The highest BCUT2D eigenvalue weighted by atomic mass is 19.1. The minimum atomic E-state index is -0.953. The number of halogens is 1. The summed E-state index contributed by atoms with van der Waals surface area (Å²) in [5.41, 5.74) is 2.33. The van der Waals surface area contributed by atoms with Crippen LogP contribution in [0.15, 0.2) is 84.9 Å². The van der Waals surface area contributed by atoms with E-state index in [0.29, 0.717) is 25.9 Å². The number of para-hydroxylation sites is 1. The van der Waals surface area contributed by atoms with Crippen molar-refractivity contribution in [3.63, 3.8) is 0 Å². The molecule has 222 valence electrons. The maximum absolute atomic E-state index is 13.7. The average Bonchev–Trinajstić information content (AvgIpc) is 3.00. The summed E-state index contributed by atoms with van der Waals surface area (Å²) in [6.45, 7) is 0.862. The minimum Gasteiger partial charge on any atom is -0.467 e. The second kappa shape index (κ2) is 17.2. The molecule has 10 heteroatoms. The highest BCUT2D eigenvalue weighted by Gasteiger charge is 2.22. The van der Waals surface area contributed by atoms with Crippen LogP contribution in [0.4, 0.5) is 14.9 Å². The average molecular weight is 577 g/mol. The molecular weight excluding hydrogens is 539 g/mol. The summed E-state index contributed by atoms with van der Waals surface area (Å²) < 4.78 is 18.5. The molecule has 0 saturated carbocycles. The Kier molecular flexibility index (Phi) is 13.0. The van der Waals surface area contributed by atoms with Crippen LogP contribution in [0.1, 0.15) is 49.1 Å².